The highest BCUT2D eigenvalue weighted by atomic mass is 35.5. The van der Waals surface area contributed by atoms with Crippen molar-refractivity contribution in [2.75, 3.05) is 18.6 Å². The van der Waals surface area contributed by atoms with E-state index >= 15 is 0 Å². The Morgan fingerprint density at radius 1 is 1.23 bits per heavy atom. The topological polar surface area (TPSA) is 52.3 Å². The molecule has 2 N–H and O–H groups in total. The summed E-state index contributed by atoms with van der Waals surface area (Å²) in [5.41, 5.74) is 8.40. The Kier molecular flexibility index (Phi) is 6.00. The molecular weight excluding hydrogens is 341 g/mol. The Hall–Kier alpha value is -1.36. The molecule has 0 bridgehead atoms. The zero-order chi connectivity index (χ0) is 16.1. The SMILES string of the molecule is COC(=O)CSC(c1cc(Cl)ccc1N)c1ccccc1Cl. The van der Waals surface area contributed by atoms with Gasteiger partial charge in [-0.05, 0) is 35.4 Å². The minimum atomic E-state index is -0.303. The summed E-state index contributed by atoms with van der Waals surface area (Å²) in [6.45, 7) is 0. The van der Waals surface area contributed by atoms with Crippen LogP contribution in [0, 0.1) is 0 Å². The lowest BCUT2D eigenvalue weighted by molar-refractivity contribution is -0.137. The number of carbonyl (C=O) groups excluding carboxylic acids is 1. The number of nitrogen functional groups attached to an aromatic ring is 1. The van der Waals surface area contributed by atoms with Crippen molar-refractivity contribution in [3.05, 3.63) is 63.6 Å². The first-order valence-electron chi connectivity index (χ1n) is 6.50. The molecule has 1 atom stereocenters. The van der Waals surface area contributed by atoms with E-state index in [9.17, 15) is 4.79 Å². The van der Waals surface area contributed by atoms with E-state index in [0.29, 0.717) is 15.7 Å². The van der Waals surface area contributed by atoms with E-state index in [1.807, 2.05) is 24.3 Å². The van der Waals surface area contributed by atoms with Gasteiger partial charge in [0.1, 0.15) is 0 Å². The number of methoxy groups -OCH3 is 1. The maximum absolute atomic E-state index is 11.5. The fraction of sp³-hybridized carbons (Fsp3) is 0.188. The van der Waals surface area contributed by atoms with Crippen molar-refractivity contribution in [2.45, 2.75) is 5.25 Å². The van der Waals surface area contributed by atoms with Gasteiger partial charge in [-0.3, -0.25) is 4.79 Å². The fourth-order valence-electron chi connectivity index (χ4n) is 2.02. The highest BCUT2D eigenvalue weighted by molar-refractivity contribution is 8.00. The molecule has 0 aliphatic rings. The second-order valence-electron chi connectivity index (χ2n) is 4.56. The van der Waals surface area contributed by atoms with Gasteiger partial charge >= 0.3 is 5.97 Å². The predicted octanol–water partition coefficient (Wildman–Crippen LogP) is 4.57. The zero-order valence-electron chi connectivity index (χ0n) is 11.9. The summed E-state index contributed by atoms with van der Waals surface area (Å²) >= 11 is 13.8. The zero-order valence-corrected chi connectivity index (χ0v) is 14.2. The van der Waals surface area contributed by atoms with Gasteiger partial charge in [0, 0.05) is 15.7 Å². The summed E-state index contributed by atoms with van der Waals surface area (Å²) in [7, 11) is 1.36. The lowest BCUT2D eigenvalue weighted by Crippen LogP contribution is -2.08. The van der Waals surface area contributed by atoms with Crippen LogP contribution in [0.4, 0.5) is 5.69 Å². The second kappa shape index (κ2) is 7.77. The molecule has 0 saturated carbocycles. The first-order valence-corrected chi connectivity index (χ1v) is 8.31. The van der Waals surface area contributed by atoms with E-state index in [1.165, 1.54) is 18.9 Å². The van der Waals surface area contributed by atoms with Gasteiger partial charge in [0.15, 0.2) is 0 Å². The molecule has 22 heavy (non-hydrogen) atoms. The molecule has 1 unspecified atom stereocenters. The van der Waals surface area contributed by atoms with Crippen molar-refractivity contribution in [1.29, 1.82) is 0 Å². The third kappa shape index (κ3) is 4.09. The summed E-state index contributed by atoms with van der Waals surface area (Å²) in [6, 6.07) is 12.8. The van der Waals surface area contributed by atoms with Crippen LogP contribution in [-0.4, -0.2) is 18.8 Å². The largest absolute Gasteiger partial charge is 0.468 e. The fourth-order valence-corrected chi connectivity index (χ4v) is 3.70. The Morgan fingerprint density at radius 3 is 2.64 bits per heavy atom. The number of ether oxygens (including phenoxy) is 1. The molecule has 0 fully saturated rings. The molecule has 0 spiro atoms. The molecule has 6 heteroatoms. The van der Waals surface area contributed by atoms with Gasteiger partial charge in [0.25, 0.3) is 0 Å². The number of halogens is 2. The summed E-state index contributed by atoms with van der Waals surface area (Å²) in [4.78, 5) is 11.5. The molecule has 0 aliphatic carbocycles. The third-order valence-electron chi connectivity index (χ3n) is 3.11. The number of hydrogen-bond donors (Lipinski definition) is 1. The molecule has 0 heterocycles. The van der Waals surface area contributed by atoms with Gasteiger partial charge in [-0.1, -0.05) is 41.4 Å². The molecule has 0 saturated heterocycles. The second-order valence-corrected chi connectivity index (χ2v) is 6.50. The van der Waals surface area contributed by atoms with Crippen LogP contribution in [0.25, 0.3) is 0 Å². The molecular formula is C16H15Cl2NO2S. The number of nitrogens with two attached hydrogens (primary N) is 1. The van der Waals surface area contributed by atoms with Gasteiger partial charge in [0.05, 0.1) is 18.1 Å². The molecule has 2 aromatic carbocycles. The molecule has 2 aromatic rings. The number of hydrogen-bond acceptors (Lipinski definition) is 4. The maximum atomic E-state index is 11.5. The normalized spacial score (nSPS) is 12.0. The van der Waals surface area contributed by atoms with Crippen LogP contribution in [0.15, 0.2) is 42.5 Å². The van der Waals surface area contributed by atoms with Gasteiger partial charge in [-0.2, -0.15) is 0 Å². The lowest BCUT2D eigenvalue weighted by Gasteiger charge is -2.20. The molecule has 0 amide bonds. The van der Waals surface area contributed by atoms with Gasteiger partial charge in [0.2, 0.25) is 0 Å². The van der Waals surface area contributed by atoms with Gasteiger partial charge in [-0.15, -0.1) is 11.8 Å². The van der Waals surface area contributed by atoms with Crippen LogP contribution in [0.1, 0.15) is 16.4 Å². The molecule has 0 aromatic heterocycles. The Labute approximate surface area is 143 Å². The number of carbonyl (C=O) groups is 1. The Balaban J connectivity index is 2.43. The van der Waals surface area contributed by atoms with Gasteiger partial charge < -0.3 is 10.5 Å². The highest BCUT2D eigenvalue weighted by Gasteiger charge is 2.21. The van der Waals surface area contributed by atoms with Crippen LogP contribution in [0.2, 0.25) is 10.0 Å². The first kappa shape index (κ1) is 17.0. The van der Waals surface area contributed by atoms with Crippen LogP contribution in [0.3, 0.4) is 0 Å². The van der Waals surface area contributed by atoms with Crippen LogP contribution < -0.4 is 5.73 Å². The third-order valence-corrected chi connectivity index (χ3v) is 4.94. The number of anilines is 1. The average molecular weight is 356 g/mol. The number of esters is 1. The minimum Gasteiger partial charge on any atom is -0.468 e. The molecule has 2 rings (SSSR count). The monoisotopic (exact) mass is 355 g/mol. The first-order chi connectivity index (χ1) is 10.5. The standard InChI is InChI=1S/C16H15Cl2NO2S/c1-21-15(20)9-22-16(11-4-2-3-5-13(11)18)12-8-10(17)6-7-14(12)19/h2-8,16H,9,19H2,1H3. The van der Waals surface area contributed by atoms with Crippen LogP contribution >= 0.6 is 35.0 Å². The molecule has 116 valence electrons. The summed E-state index contributed by atoms with van der Waals surface area (Å²) in [6.07, 6.45) is 0. The van der Waals surface area contributed by atoms with E-state index in [-0.39, 0.29) is 17.0 Å². The quantitative estimate of drug-likeness (QED) is 0.630. The van der Waals surface area contributed by atoms with E-state index in [2.05, 4.69) is 0 Å². The van der Waals surface area contributed by atoms with Crippen molar-refractivity contribution in [2.24, 2.45) is 0 Å². The Morgan fingerprint density at radius 2 is 1.95 bits per heavy atom. The summed E-state index contributed by atoms with van der Waals surface area (Å²) < 4.78 is 4.71. The summed E-state index contributed by atoms with van der Waals surface area (Å²) in [5.74, 6) is -0.110. The highest BCUT2D eigenvalue weighted by Crippen LogP contribution is 2.42. The van der Waals surface area contributed by atoms with E-state index in [1.54, 1.807) is 18.2 Å². The number of benzene rings is 2. The van der Waals surface area contributed by atoms with Gasteiger partial charge in [-0.25, -0.2) is 0 Å². The minimum absolute atomic E-state index is 0.193. The maximum Gasteiger partial charge on any atom is 0.315 e. The number of thioether (sulfide) groups is 1. The van der Waals surface area contributed by atoms with E-state index in [4.69, 9.17) is 33.7 Å². The predicted molar refractivity (Wildman–Crippen MR) is 93.6 cm³/mol. The van der Waals surface area contributed by atoms with Crippen molar-refractivity contribution in [3.8, 4) is 0 Å². The summed E-state index contributed by atoms with van der Waals surface area (Å²) in [5, 5.41) is 0.996. The average Bonchev–Trinajstić information content (AvgIpc) is 2.52. The van der Waals surface area contributed by atoms with Crippen LogP contribution in [0.5, 0.6) is 0 Å². The smallest absolute Gasteiger partial charge is 0.315 e. The Bertz CT molecular complexity index is 679. The van der Waals surface area contributed by atoms with Crippen molar-refractivity contribution < 1.29 is 9.53 Å². The van der Waals surface area contributed by atoms with Crippen LogP contribution in [-0.2, 0) is 9.53 Å². The molecule has 3 nitrogen and oxygen atoms in total. The van der Waals surface area contributed by atoms with Crippen molar-refractivity contribution in [3.63, 3.8) is 0 Å². The molecule has 0 aliphatic heterocycles. The van der Waals surface area contributed by atoms with E-state index in [0.717, 1.165) is 11.1 Å². The van der Waals surface area contributed by atoms with Crippen molar-refractivity contribution in [1.82, 2.24) is 0 Å². The lowest BCUT2D eigenvalue weighted by atomic mass is 10.0. The molecule has 0 radical (unpaired) electrons. The van der Waals surface area contributed by atoms with Crippen molar-refractivity contribution >= 4 is 46.6 Å². The van der Waals surface area contributed by atoms with E-state index < -0.39 is 0 Å². The number of rotatable bonds is 5.